The molecule has 1 saturated carbocycles. The van der Waals surface area contributed by atoms with E-state index in [0.717, 1.165) is 39.9 Å². The van der Waals surface area contributed by atoms with E-state index in [1.807, 2.05) is 19.1 Å². The smallest absolute Gasteiger partial charge is 0.304 e. The highest BCUT2D eigenvalue weighted by molar-refractivity contribution is 7.90. The summed E-state index contributed by atoms with van der Waals surface area (Å²) < 4.78 is 29.0. The Hall–Kier alpha value is -2.33. The van der Waals surface area contributed by atoms with Crippen LogP contribution in [0.3, 0.4) is 0 Å². The number of carbonyl (C=O) groups excluding carboxylic acids is 2. The molecule has 1 aliphatic carbocycles. The average molecular weight is 584 g/mol. The molecule has 0 aromatic heterocycles. The van der Waals surface area contributed by atoms with E-state index >= 15 is 0 Å². The van der Waals surface area contributed by atoms with Crippen molar-refractivity contribution in [2.24, 2.45) is 0 Å². The summed E-state index contributed by atoms with van der Waals surface area (Å²) in [6, 6.07) is 9.67. The molecule has 2 amide bonds. The number of halogens is 2. The maximum Gasteiger partial charge on any atom is 0.304 e. The van der Waals surface area contributed by atoms with E-state index in [2.05, 4.69) is 5.32 Å². The number of carbonyl (C=O) groups is 2. The Morgan fingerprint density at radius 1 is 1.03 bits per heavy atom. The first-order chi connectivity index (χ1) is 17.8. The van der Waals surface area contributed by atoms with Gasteiger partial charge < -0.3 is 10.2 Å². The topological polar surface area (TPSA) is 90.0 Å². The van der Waals surface area contributed by atoms with E-state index in [1.54, 1.807) is 38.1 Å². The van der Waals surface area contributed by atoms with Crippen LogP contribution in [0.2, 0.25) is 10.0 Å². The Balaban J connectivity index is 1.98. The monoisotopic (exact) mass is 582 g/mol. The molecule has 208 valence electrons. The van der Waals surface area contributed by atoms with Gasteiger partial charge in [0.2, 0.25) is 11.8 Å². The third-order valence-electron chi connectivity index (χ3n) is 6.86. The van der Waals surface area contributed by atoms with Crippen molar-refractivity contribution in [2.45, 2.75) is 65.1 Å². The highest BCUT2D eigenvalue weighted by atomic mass is 35.5. The van der Waals surface area contributed by atoms with Crippen molar-refractivity contribution >= 4 is 50.9 Å². The van der Waals surface area contributed by atoms with Crippen LogP contribution >= 0.6 is 23.2 Å². The minimum absolute atomic E-state index is 0.0532. The van der Waals surface area contributed by atoms with Gasteiger partial charge in [-0.1, -0.05) is 54.2 Å². The lowest BCUT2D eigenvalue weighted by molar-refractivity contribution is -0.139. The molecule has 0 heterocycles. The maximum atomic E-state index is 13.9. The Morgan fingerprint density at radius 3 is 2.29 bits per heavy atom. The molecule has 0 radical (unpaired) electrons. The standard InChI is InChI=1S/C27H36Cl2N4O4S/c1-18-10-11-19(2)25(14-18)33(38(36,37)31(4)5)17-26(34)32(16-21-12-13-23(28)24(29)15-21)20(3)27(35)30-22-8-6-7-9-22/h10-15,20,22H,6-9,16-17H2,1-5H3,(H,30,35). The molecule has 2 aromatic rings. The molecule has 1 N–H and O–H groups in total. The van der Waals surface area contributed by atoms with E-state index < -0.39 is 28.7 Å². The Kier molecular flexibility index (Phi) is 10.1. The largest absolute Gasteiger partial charge is 0.352 e. The fourth-order valence-corrected chi connectivity index (χ4v) is 5.93. The van der Waals surface area contributed by atoms with Crippen molar-refractivity contribution < 1.29 is 18.0 Å². The number of nitrogens with one attached hydrogen (secondary N) is 1. The zero-order valence-corrected chi connectivity index (χ0v) is 24.8. The first-order valence-electron chi connectivity index (χ1n) is 12.6. The van der Waals surface area contributed by atoms with Crippen molar-refractivity contribution in [3.8, 4) is 0 Å². The van der Waals surface area contributed by atoms with Crippen LogP contribution in [0.5, 0.6) is 0 Å². The minimum atomic E-state index is -4.03. The first-order valence-corrected chi connectivity index (χ1v) is 14.8. The number of hydrogen-bond acceptors (Lipinski definition) is 4. The van der Waals surface area contributed by atoms with Gasteiger partial charge in [-0.25, -0.2) is 4.31 Å². The van der Waals surface area contributed by atoms with Crippen LogP contribution in [0.25, 0.3) is 0 Å². The maximum absolute atomic E-state index is 13.9. The molecule has 3 rings (SSSR count). The van der Waals surface area contributed by atoms with Crippen molar-refractivity contribution in [1.82, 2.24) is 14.5 Å². The number of nitrogens with zero attached hydrogens (tertiary/aromatic N) is 3. The zero-order chi connectivity index (χ0) is 28.2. The van der Waals surface area contributed by atoms with E-state index in [0.29, 0.717) is 26.9 Å². The summed E-state index contributed by atoms with van der Waals surface area (Å²) in [5.41, 5.74) is 2.64. The van der Waals surface area contributed by atoms with Gasteiger partial charge in [-0.2, -0.15) is 12.7 Å². The normalized spacial score (nSPS) is 14.9. The molecular weight excluding hydrogens is 547 g/mol. The highest BCUT2D eigenvalue weighted by Gasteiger charge is 2.34. The van der Waals surface area contributed by atoms with Crippen LogP contribution in [0, 0.1) is 13.8 Å². The summed E-state index contributed by atoms with van der Waals surface area (Å²) >= 11 is 12.3. The molecular formula is C27H36Cl2N4O4S. The van der Waals surface area contributed by atoms with Gasteiger partial charge in [0.05, 0.1) is 15.7 Å². The molecule has 2 aromatic carbocycles. The first kappa shape index (κ1) is 30.2. The second-order valence-corrected chi connectivity index (χ2v) is 12.9. The molecule has 0 aliphatic heterocycles. The van der Waals surface area contributed by atoms with Crippen LogP contribution in [0.1, 0.15) is 49.3 Å². The Bertz CT molecular complexity index is 1280. The van der Waals surface area contributed by atoms with Crippen LogP contribution in [-0.4, -0.2) is 62.2 Å². The third kappa shape index (κ3) is 7.20. The Morgan fingerprint density at radius 2 is 1.68 bits per heavy atom. The van der Waals surface area contributed by atoms with Crippen molar-refractivity contribution in [1.29, 1.82) is 0 Å². The van der Waals surface area contributed by atoms with Crippen LogP contribution in [0.4, 0.5) is 5.69 Å². The summed E-state index contributed by atoms with van der Waals surface area (Å²) in [6.07, 6.45) is 3.91. The Labute approximate surface area is 236 Å². The SMILES string of the molecule is Cc1ccc(C)c(N(CC(=O)N(Cc2ccc(Cl)c(Cl)c2)C(C)C(=O)NC2CCCC2)S(=O)(=O)N(C)C)c1. The molecule has 1 fully saturated rings. The number of rotatable bonds is 10. The predicted molar refractivity (Wildman–Crippen MR) is 153 cm³/mol. The molecule has 1 unspecified atom stereocenters. The van der Waals surface area contributed by atoms with E-state index in [4.69, 9.17) is 23.2 Å². The van der Waals surface area contributed by atoms with Gasteiger partial charge in [0.1, 0.15) is 12.6 Å². The summed E-state index contributed by atoms with van der Waals surface area (Å²) in [7, 11) is -1.19. The molecule has 11 heteroatoms. The fourth-order valence-electron chi connectivity index (χ4n) is 4.50. The molecule has 0 spiro atoms. The van der Waals surface area contributed by atoms with Gasteiger partial charge >= 0.3 is 10.2 Å². The third-order valence-corrected chi connectivity index (χ3v) is 9.40. The van der Waals surface area contributed by atoms with Crippen molar-refractivity contribution in [2.75, 3.05) is 24.9 Å². The lowest BCUT2D eigenvalue weighted by Gasteiger charge is -2.33. The molecule has 8 nitrogen and oxygen atoms in total. The summed E-state index contributed by atoms with van der Waals surface area (Å²) in [5, 5.41) is 3.75. The predicted octanol–water partition coefficient (Wildman–Crippen LogP) is 4.70. The second kappa shape index (κ2) is 12.7. The number of hydrogen-bond donors (Lipinski definition) is 1. The van der Waals surface area contributed by atoms with Crippen LogP contribution < -0.4 is 9.62 Å². The van der Waals surface area contributed by atoms with Gasteiger partial charge in [-0.15, -0.1) is 0 Å². The van der Waals surface area contributed by atoms with E-state index in [9.17, 15) is 18.0 Å². The minimum Gasteiger partial charge on any atom is -0.352 e. The molecule has 0 saturated heterocycles. The molecule has 1 atom stereocenters. The van der Waals surface area contributed by atoms with Gasteiger partial charge in [0, 0.05) is 26.7 Å². The summed E-state index contributed by atoms with van der Waals surface area (Å²) in [4.78, 5) is 28.5. The second-order valence-electron chi connectivity index (χ2n) is 10.0. The number of amides is 2. The lowest BCUT2D eigenvalue weighted by atomic mass is 10.1. The van der Waals surface area contributed by atoms with E-state index in [-0.39, 0.29) is 18.5 Å². The van der Waals surface area contributed by atoms with Gasteiger partial charge in [-0.3, -0.25) is 9.59 Å². The van der Waals surface area contributed by atoms with Crippen molar-refractivity contribution in [3.05, 3.63) is 63.1 Å². The molecule has 38 heavy (non-hydrogen) atoms. The summed E-state index contributed by atoms with van der Waals surface area (Å²) in [6.45, 7) is 4.88. The van der Waals surface area contributed by atoms with Gasteiger partial charge in [0.25, 0.3) is 0 Å². The van der Waals surface area contributed by atoms with Gasteiger partial charge in [0.15, 0.2) is 0 Å². The number of aryl methyl sites for hydroxylation is 2. The molecule has 1 aliphatic rings. The quantitative estimate of drug-likeness (QED) is 0.439. The van der Waals surface area contributed by atoms with Crippen LogP contribution in [0.15, 0.2) is 36.4 Å². The lowest BCUT2D eigenvalue weighted by Crippen LogP contribution is -2.53. The number of anilines is 1. The molecule has 0 bridgehead atoms. The van der Waals surface area contributed by atoms with Crippen LogP contribution in [-0.2, 0) is 26.3 Å². The fraction of sp³-hybridized carbons (Fsp3) is 0.481. The zero-order valence-electron chi connectivity index (χ0n) is 22.5. The van der Waals surface area contributed by atoms with E-state index in [1.165, 1.54) is 19.0 Å². The highest BCUT2D eigenvalue weighted by Crippen LogP contribution is 2.27. The average Bonchev–Trinajstić information content (AvgIpc) is 3.37. The van der Waals surface area contributed by atoms with Gasteiger partial charge in [-0.05, 0) is 68.5 Å². The summed E-state index contributed by atoms with van der Waals surface area (Å²) in [5.74, 6) is -0.796. The van der Waals surface area contributed by atoms with Crippen molar-refractivity contribution in [3.63, 3.8) is 0 Å². The number of benzene rings is 2.